The third-order valence-electron chi connectivity index (χ3n) is 5.44. The van der Waals surface area contributed by atoms with Gasteiger partial charge in [0, 0.05) is 18.7 Å². The number of hydrogen-bond donors (Lipinski definition) is 1. The molecule has 2 aromatic rings. The van der Waals surface area contributed by atoms with E-state index in [-0.39, 0.29) is 24.5 Å². The number of carbonyl (C=O) groups is 2. The Bertz CT molecular complexity index is 959. The fourth-order valence-electron chi connectivity index (χ4n) is 3.24. The Labute approximate surface area is 204 Å². The Morgan fingerprint density at radius 1 is 1.18 bits per heavy atom. The number of hydrogen-bond acceptors (Lipinski definition) is 3. The van der Waals surface area contributed by atoms with Crippen LogP contribution in [0.4, 0.5) is 4.39 Å². The highest BCUT2D eigenvalue weighted by Crippen LogP contribution is 2.31. The van der Waals surface area contributed by atoms with E-state index in [1.807, 2.05) is 25.1 Å². The van der Waals surface area contributed by atoms with Crippen LogP contribution < -0.4 is 10.1 Å². The number of amides is 2. The van der Waals surface area contributed by atoms with Crippen molar-refractivity contribution < 1.29 is 18.7 Å². The fourth-order valence-corrected chi connectivity index (χ4v) is 3.73. The molecule has 0 radical (unpaired) electrons. The molecule has 7 heteroatoms. The molecule has 0 unspecified atom stereocenters. The number of halogens is 2. The van der Waals surface area contributed by atoms with E-state index in [0.29, 0.717) is 17.9 Å². The maximum atomic E-state index is 14.3. The Kier molecular flexibility index (Phi) is 9.89. The first kappa shape index (κ1) is 26.8. The largest absolute Gasteiger partial charge is 0.483 e. The predicted molar refractivity (Wildman–Crippen MR) is 133 cm³/mol. The van der Waals surface area contributed by atoms with Crippen LogP contribution in [0.25, 0.3) is 0 Å². The first-order chi connectivity index (χ1) is 15.5. The van der Waals surface area contributed by atoms with Gasteiger partial charge in [-0.2, -0.15) is 0 Å². The number of unbranched alkanes of at least 4 members (excludes halogenated alkanes) is 1. The number of nitrogens with one attached hydrogen (secondary N) is 1. The average molecular weight is 521 g/mol. The molecular formula is C26H34BrFN2O3. The lowest BCUT2D eigenvalue weighted by atomic mass is 9.87. The van der Waals surface area contributed by atoms with E-state index in [4.69, 9.17) is 4.74 Å². The number of rotatable bonds is 10. The van der Waals surface area contributed by atoms with Crippen molar-refractivity contribution >= 4 is 27.7 Å². The highest BCUT2D eigenvalue weighted by Gasteiger charge is 2.27. The van der Waals surface area contributed by atoms with Crippen LogP contribution in [0.15, 0.2) is 46.9 Å². The van der Waals surface area contributed by atoms with E-state index in [1.165, 1.54) is 11.0 Å². The molecule has 2 rings (SSSR count). The van der Waals surface area contributed by atoms with Gasteiger partial charge in [0.2, 0.25) is 5.91 Å². The molecule has 0 aliphatic heterocycles. The zero-order valence-electron chi connectivity index (χ0n) is 20.1. The van der Waals surface area contributed by atoms with Gasteiger partial charge in [0.15, 0.2) is 6.61 Å². The number of benzene rings is 2. The molecule has 0 heterocycles. The lowest BCUT2D eigenvalue weighted by Gasteiger charge is -2.29. The average Bonchev–Trinajstić information content (AvgIpc) is 2.76. The molecule has 33 heavy (non-hydrogen) atoms. The molecule has 0 saturated carbocycles. The minimum absolute atomic E-state index is 0.0198. The van der Waals surface area contributed by atoms with E-state index < -0.39 is 17.8 Å². The second-order valence-electron chi connectivity index (χ2n) is 9.12. The van der Waals surface area contributed by atoms with Crippen LogP contribution in [0.3, 0.4) is 0 Å². The molecule has 0 fully saturated rings. The molecule has 1 atom stereocenters. The molecule has 2 aromatic carbocycles. The van der Waals surface area contributed by atoms with Gasteiger partial charge in [-0.15, -0.1) is 0 Å². The second kappa shape index (κ2) is 12.2. The van der Waals surface area contributed by atoms with Crippen LogP contribution in [-0.4, -0.2) is 35.9 Å². The zero-order valence-corrected chi connectivity index (χ0v) is 21.7. The summed E-state index contributed by atoms with van der Waals surface area (Å²) in [4.78, 5) is 27.1. The lowest BCUT2D eigenvalue weighted by Crippen LogP contribution is -2.49. The molecule has 0 aromatic heterocycles. The normalized spacial score (nSPS) is 12.2. The third kappa shape index (κ3) is 7.84. The summed E-state index contributed by atoms with van der Waals surface area (Å²) < 4.78 is 20.8. The van der Waals surface area contributed by atoms with Crippen LogP contribution in [-0.2, 0) is 21.5 Å². The van der Waals surface area contributed by atoms with Gasteiger partial charge in [-0.1, -0.05) is 58.4 Å². The Morgan fingerprint density at radius 2 is 1.88 bits per heavy atom. The summed E-state index contributed by atoms with van der Waals surface area (Å²) >= 11 is 3.51. The Morgan fingerprint density at radius 3 is 2.48 bits per heavy atom. The van der Waals surface area contributed by atoms with Gasteiger partial charge in [0.1, 0.15) is 17.6 Å². The van der Waals surface area contributed by atoms with Crippen molar-refractivity contribution in [3.8, 4) is 5.75 Å². The molecule has 0 aliphatic carbocycles. The molecule has 180 valence electrons. The van der Waals surface area contributed by atoms with Crippen molar-refractivity contribution in [1.82, 2.24) is 10.2 Å². The summed E-state index contributed by atoms with van der Waals surface area (Å²) in [6.07, 6.45) is 1.80. The van der Waals surface area contributed by atoms with Crippen molar-refractivity contribution in [3.63, 3.8) is 0 Å². The highest BCUT2D eigenvalue weighted by atomic mass is 79.9. The Hall–Kier alpha value is -2.41. The first-order valence-electron chi connectivity index (χ1n) is 11.3. The quantitative estimate of drug-likeness (QED) is 0.415. The monoisotopic (exact) mass is 520 g/mol. The van der Waals surface area contributed by atoms with Gasteiger partial charge in [0.25, 0.3) is 5.91 Å². The SMILES string of the molecule is CCCCNC(=O)[C@@H](C)N(Cc1ccccc1F)C(=O)COc1ccc(C(C)(C)C)cc1Br. The molecule has 0 bridgehead atoms. The maximum absolute atomic E-state index is 14.3. The molecule has 1 N–H and O–H groups in total. The van der Waals surface area contributed by atoms with Gasteiger partial charge < -0.3 is 15.0 Å². The van der Waals surface area contributed by atoms with Crippen LogP contribution in [0.1, 0.15) is 58.6 Å². The molecule has 5 nitrogen and oxygen atoms in total. The molecule has 0 spiro atoms. The van der Waals surface area contributed by atoms with E-state index in [0.717, 1.165) is 22.9 Å². The summed E-state index contributed by atoms with van der Waals surface area (Å²) in [5.74, 6) is -0.565. The maximum Gasteiger partial charge on any atom is 0.261 e. The lowest BCUT2D eigenvalue weighted by molar-refractivity contribution is -0.142. The summed E-state index contributed by atoms with van der Waals surface area (Å²) in [6.45, 7) is 10.3. The summed E-state index contributed by atoms with van der Waals surface area (Å²) in [7, 11) is 0. The summed E-state index contributed by atoms with van der Waals surface area (Å²) in [5, 5.41) is 2.85. The van der Waals surface area contributed by atoms with Crippen molar-refractivity contribution in [1.29, 1.82) is 0 Å². The summed E-state index contributed by atoms with van der Waals surface area (Å²) in [5.41, 5.74) is 1.45. The molecule has 2 amide bonds. The van der Waals surface area contributed by atoms with E-state index in [1.54, 1.807) is 25.1 Å². The minimum Gasteiger partial charge on any atom is -0.483 e. The first-order valence-corrected chi connectivity index (χ1v) is 12.1. The van der Waals surface area contributed by atoms with Gasteiger partial charge in [-0.05, 0) is 58.5 Å². The van der Waals surface area contributed by atoms with Crippen LogP contribution >= 0.6 is 15.9 Å². The van der Waals surface area contributed by atoms with Gasteiger partial charge >= 0.3 is 0 Å². The van der Waals surface area contributed by atoms with Crippen molar-refractivity contribution in [2.45, 2.75) is 65.5 Å². The predicted octanol–water partition coefficient (Wildman–Crippen LogP) is 5.60. The zero-order chi connectivity index (χ0) is 24.6. The van der Waals surface area contributed by atoms with Crippen LogP contribution in [0.5, 0.6) is 5.75 Å². The van der Waals surface area contributed by atoms with Crippen molar-refractivity contribution in [3.05, 3.63) is 63.9 Å². The fraction of sp³-hybridized carbons (Fsp3) is 0.462. The smallest absolute Gasteiger partial charge is 0.261 e. The van der Waals surface area contributed by atoms with Crippen molar-refractivity contribution in [2.24, 2.45) is 0 Å². The topological polar surface area (TPSA) is 58.6 Å². The van der Waals surface area contributed by atoms with Gasteiger partial charge in [0.05, 0.1) is 4.47 Å². The second-order valence-corrected chi connectivity index (χ2v) is 9.97. The highest BCUT2D eigenvalue weighted by molar-refractivity contribution is 9.10. The van der Waals surface area contributed by atoms with Gasteiger partial charge in [-0.3, -0.25) is 9.59 Å². The molecule has 0 aliphatic rings. The minimum atomic E-state index is -0.774. The van der Waals surface area contributed by atoms with E-state index in [9.17, 15) is 14.0 Å². The van der Waals surface area contributed by atoms with E-state index in [2.05, 4.69) is 42.0 Å². The van der Waals surface area contributed by atoms with Gasteiger partial charge in [-0.25, -0.2) is 4.39 Å². The Balaban J connectivity index is 2.17. The molecule has 0 saturated heterocycles. The summed E-state index contributed by atoms with van der Waals surface area (Å²) in [6, 6.07) is 11.2. The number of ether oxygens (including phenoxy) is 1. The number of nitrogens with zero attached hydrogens (tertiary/aromatic N) is 1. The van der Waals surface area contributed by atoms with E-state index >= 15 is 0 Å². The standard InChI is InChI=1S/C26H34BrFN2O3/c1-6-7-14-29-25(32)18(2)30(16-19-10-8-9-11-22(19)28)24(31)17-33-23-13-12-20(15-21(23)27)26(3,4)5/h8-13,15,18H,6-7,14,16-17H2,1-5H3,(H,29,32)/t18-/m1/s1. The third-order valence-corrected chi connectivity index (χ3v) is 6.06. The van der Waals surface area contributed by atoms with Crippen molar-refractivity contribution in [2.75, 3.05) is 13.2 Å². The number of carbonyl (C=O) groups excluding carboxylic acids is 2. The van der Waals surface area contributed by atoms with Crippen LogP contribution in [0.2, 0.25) is 0 Å². The van der Waals surface area contributed by atoms with Crippen LogP contribution in [0, 0.1) is 5.82 Å². The molecular weight excluding hydrogens is 487 g/mol.